The van der Waals surface area contributed by atoms with Crippen molar-refractivity contribution in [1.82, 2.24) is 0 Å². The lowest BCUT2D eigenvalue weighted by Crippen LogP contribution is -2.22. The summed E-state index contributed by atoms with van der Waals surface area (Å²) in [5, 5.41) is 0. The zero-order valence-corrected chi connectivity index (χ0v) is 12.1. The van der Waals surface area contributed by atoms with Gasteiger partial charge in [0.15, 0.2) is 0 Å². The van der Waals surface area contributed by atoms with Crippen LogP contribution in [0.15, 0.2) is 48.5 Å². The number of rotatable bonds is 1. The second-order valence-electron chi connectivity index (χ2n) is 5.61. The van der Waals surface area contributed by atoms with Crippen molar-refractivity contribution in [3.8, 4) is 17.6 Å². The summed E-state index contributed by atoms with van der Waals surface area (Å²) >= 11 is 0. The number of ether oxygens (including phenoxy) is 1. The Morgan fingerprint density at radius 1 is 0.900 bits per heavy atom. The fraction of sp³-hybridized carbons (Fsp3) is 0.222. The minimum atomic E-state index is -0.186. The molecule has 0 aliphatic heterocycles. The number of nitrogen functional groups attached to an aromatic ring is 1. The first-order valence-corrected chi connectivity index (χ1v) is 6.59. The summed E-state index contributed by atoms with van der Waals surface area (Å²) in [6, 6.07) is 15.4. The van der Waals surface area contributed by atoms with Crippen molar-refractivity contribution in [2.45, 2.75) is 26.4 Å². The molecule has 0 heterocycles. The van der Waals surface area contributed by atoms with E-state index in [-0.39, 0.29) is 5.60 Å². The van der Waals surface area contributed by atoms with Crippen molar-refractivity contribution in [3.63, 3.8) is 0 Å². The van der Waals surface area contributed by atoms with Crippen molar-refractivity contribution in [2.75, 3.05) is 5.73 Å². The van der Waals surface area contributed by atoms with Gasteiger partial charge in [-0.1, -0.05) is 17.9 Å². The molecule has 20 heavy (non-hydrogen) atoms. The number of anilines is 1. The molecule has 0 unspecified atom stereocenters. The first kappa shape index (κ1) is 14.0. The van der Waals surface area contributed by atoms with Gasteiger partial charge in [0.05, 0.1) is 0 Å². The molecule has 0 aliphatic rings. The van der Waals surface area contributed by atoms with Gasteiger partial charge >= 0.3 is 0 Å². The van der Waals surface area contributed by atoms with E-state index in [1.165, 1.54) is 0 Å². The Kier molecular flexibility index (Phi) is 4.00. The van der Waals surface area contributed by atoms with E-state index < -0.39 is 0 Å². The summed E-state index contributed by atoms with van der Waals surface area (Å²) in [5.41, 5.74) is 8.13. The lowest BCUT2D eigenvalue weighted by atomic mass is 10.1. The van der Waals surface area contributed by atoms with Crippen molar-refractivity contribution in [1.29, 1.82) is 0 Å². The van der Waals surface area contributed by atoms with E-state index >= 15 is 0 Å². The van der Waals surface area contributed by atoms with Crippen molar-refractivity contribution in [3.05, 3.63) is 59.7 Å². The molecule has 2 aromatic rings. The maximum Gasteiger partial charge on any atom is 0.120 e. The molecule has 0 saturated carbocycles. The van der Waals surface area contributed by atoms with Crippen LogP contribution in [0, 0.1) is 11.8 Å². The lowest BCUT2D eigenvalue weighted by Gasteiger charge is -2.21. The van der Waals surface area contributed by atoms with Crippen LogP contribution in [0.1, 0.15) is 31.9 Å². The Hall–Kier alpha value is -2.40. The van der Waals surface area contributed by atoms with Crippen molar-refractivity contribution in [2.24, 2.45) is 0 Å². The third-order valence-corrected chi connectivity index (χ3v) is 2.52. The van der Waals surface area contributed by atoms with Gasteiger partial charge in [-0.3, -0.25) is 0 Å². The summed E-state index contributed by atoms with van der Waals surface area (Å²) in [7, 11) is 0. The SMILES string of the molecule is CC(C)(C)Oc1ccc(C#Cc2cccc(N)c2)cc1. The summed E-state index contributed by atoms with van der Waals surface area (Å²) in [5.74, 6) is 7.07. The molecular weight excluding hydrogens is 246 g/mol. The first-order chi connectivity index (χ1) is 9.42. The quantitative estimate of drug-likeness (QED) is 0.628. The van der Waals surface area contributed by atoms with E-state index in [4.69, 9.17) is 10.5 Å². The van der Waals surface area contributed by atoms with Crippen molar-refractivity contribution < 1.29 is 4.74 Å². The Labute approximate surface area is 120 Å². The van der Waals surface area contributed by atoms with Gasteiger partial charge < -0.3 is 10.5 Å². The van der Waals surface area contributed by atoms with E-state index in [9.17, 15) is 0 Å². The average Bonchev–Trinajstić information content (AvgIpc) is 2.36. The van der Waals surface area contributed by atoms with Gasteiger partial charge in [0.2, 0.25) is 0 Å². The first-order valence-electron chi connectivity index (χ1n) is 6.59. The topological polar surface area (TPSA) is 35.2 Å². The van der Waals surface area contributed by atoms with Crippen LogP contribution in [0.5, 0.6) is 5.75 Å². The Morgan fingerprint density at radius 3 is 2.15 bits per heavy atom. The smallest absolute Gasteiger partial charge is 0.120 e. The molecule has 2 heteroatoms. The predicted octanol–water partition coefficient (Wildman–Crippen LogP) is 3.85. The largest absolute Gasteiger partial charge is 0.488 e. The molecule has 0 spiro atoms. The van der Waals surface area contributed by atoms with Crippen LogP contribution in [0.3, 0.4) is 0 Å². The highest BCUT2D eigenvalue weighted by atomic mass is 16.5. The molecule has 2 N–H and O–H groups in total. The normalized spacial score (nSPS) is 10.6. The van der Waals surface area contributed by atoms with E-state index in [0.717, 1.165) is 22.6 Å². The zero-order valence-electron chi connectivity index (χ0n) is 12.1. The highest BCUT2D eigenvalue weighted by Gasteiger charge is 2.10. The lowest BCUT2D eigenvalue weighted by molar-refractivity contribution is 0.131. The third-order valence-electron chi connectivity index (χ3n) is 2.52. The van der Waals surface area contributed by atoms with Gasteiger partial charge in [-0.25, -0.2) is 0 Å². The molecule has 0 radical (unpaired) electrons. The molecule has 0 aliphatic carbocycles. The summed E-state index contributed by atoms with van der Waals surface area (Å²) in [6.07, 6.45) is 0. The second kappa shape index (κ2) is 5.71. The van der Waals surface area contributed by atoms with Gasteiger partial charge in [-0.05, 0) is 63.2 Å². The molecule has 0 bridgehead atoms. The summed E-state index contributed by atoms with van der Waals surface area (Å²) in [4.78, 5) is 0. The van der Waals surface area contributed by atoms with Crippen LogP contribution in [-0.2, 0) is 0 Å². The van der Waals surface area contributed by atoms with Gasteiger partial charge in [0.1, 0.15) is 11.4 Å². The van der Waals surface area contributed by atoms with Crippen LogP contribution in [0.2, 0.25) is 0 Å². The fourth-order valence-corrected chi connectivity index (χ4v) is 1.72. The van der Waals surface area contributed by atoms with Gasteiger partial charge in [-0.15, -0.1) is 0 Å². The van der Waals surface area contributed by atoms with Gasteiger partial charge in [0.25, 0.3) is 0 Å². The van der Waals surface area contributed by atoms with Crippen LogP contribution in [0.25, 0.3) is 0 Å². The number of nitrogens with two attached hydrogens (primary N) is 1. The monoisotopic (exact) mass is 265 g/mol. The summed E-state index contributed by atoms with van der Waals surface area (Å²) in [6.45, 7) is 6.08. The minimum absolute atomic E-state index is 0.186. The van der Waals surface area contributed by atoms with Gasteiger partial charge in [0, 0.05) is 16.8 Å². The van der Waals surface area contributed by atoms with E-state index in [0.29, 0.717) is 0 Å². The van der Waals surface area contributed by atoms with Crippen LogP contribution in [-0.4, -0.2) is 5.60 Å². The standard InChI is InChI=1S/C18H19NO/c1-18(2,3)20-17-11-9-14(10-12-17)7-8-15-5-4-6-16(19)13-15/h4-6,9-13H,19H2,1-3H3. The molecule has 102 valence electrons. The second-order valence-corrected chi connectivity index (χ2v) is 5.61. The number of hydrogen-bond acceptors (Lipinski definition) is 2. The molecule has 2 nitrogen and oxygen atoms in total. The highest BCUT2D eigenvalue weighted by molar-refractivity contribution is 5.50. The molecular formula is C18H19NO. The minimum Gasteiger partial charge on any atom is -0.488 e. The summed E-state index contributed by atoms with van der Waals surface area (Å²) < 4.78 is 5.77. The van der Waals surface area contributed by atoms with E-state index in [1.54, 1.807) is 0 Å². The number of hydrogen-bond donors (Lipinski definition) is 1. The predicted molar refractivity (Wildman–Crippen MR) is 83.7 cm³/mol. The van der Waals surface area contributed by atoms with Gasteiger partial charge in [-0.2, -0.15) is 0 Å². The molecule has 2 rings (SSSR count). The van der Waals surface area contributed by atoms with Crippen LogP contribution >= 0.6 is 0 Å². The van der Waals surface area contributed by atoms with E-state index in [1.807, 2.05) is 69.3 Å². The Morgan fingerprint density at radius 2 is 1.55 bits per heavy atom. The van der Waals surface area contributed by atoms with Crippen LogP contribution in [0.4, 0.5) is 5.69 Å². The molecule has 0 saturated heterocycles. The third kappa shape index (κ3) is 4.37. The molecule has 0 atom stereocenters. The average molecular weight is 265 g/mol. The Balaban J connectivity index is 2.12. The molecule has 0 amide bonds. The number of benzene rings is 2. The zero-order chi connectivity index (χ0) is 14.6. The maximum atomic E-state index is 5.77. The molecule has 0 fully saturated rings. The fourth-order valence-electron chi connectivity index (χ4n) is 1.72. The Bertz CT molecular complexity index is 640. The highest BCUT2D eigenvalue weighted by Crippen LogP contribution is 2.18. The van der Waals surface area contributed by atoms with E-state index in [2.05, 4.69) is 11.8 Å². The molecule has 2 aromatic carbocycles. The van der Waals surface area contributed by atoms with Crippen molar-refractivity contribution >= 4 is 5.69 Å². The molecule has 0 aromatic heterocycles. The maximum absolute atomic E-state index is 5.77. The van der Waals surface area contributed by atoms with Crippen LogP contribution < -0.4 is 10.5 Å².